The minimum absolute atomic E-state index is 0.134. The average Bonchev–Trinajstić information content (AvgIpc) is 3.24. The van der Waals surface area contributed by atoms with Crippen molar-refractivity contribution in [1.82, 2.24) is 19.7 Å². The number of nitrogens with one attached hydrogen (secondary N) is 1. The van der Waals surface area contributed by atoms with Gasteiger partial charge in [0.2, 0.25) is 0 Å². The van der Waals surface area contributed by atoms with Gasteiger partial charge in [-0.2, -0.15) is 0 Å². The maximum Gasteiger partial charge on any atom is 0.260 e. The molecular formula is C25H24FN5O3. The fraction of sp³-hybridized carbons (Fsp3) is 0.360. The van der Waals surface area contributed by atoms with Gasteiger partial charge in [-0.25, -0.2) is 9.37 Å². The zero-order chi connectivity index (χ0) is 23.7. The molecule has 174 valence electrons. The second-order valence-electron chi connectivity index (χ2n) is 9.04. The predicted octanol–water partition coefficient (Wildman–Crippen LogP) is 3.54. The van der Waals surface area contributed by atoms with Crippen molar-refractivity contribution >= 4 is 11.7 Å². The molecule has 1 saturated heterocycles. The fourth-order valence-electron chi connectivity index (χ4n) is 3.84. The number of hydrogen-bond donors (Lipinski definition) is 1. The Bertz CT molecular complexity index is 1310. The number of aromatic nitrogens is 4. The van der Waals surface area contributed by atoms with Gasteiger partial charge in [-0.1, -0.05) is 24.8 Å². The molecule has 1 atom stereocenters. The Morgan fingerprint density at radius 3 is 2.94 bits per heavy atom. The van der Waals surface area contributed by atoms with E-state index in [0.717, 1.165) is 0 Å². The quantitative estimate of drug-likeness (QED) is 0.515. The first kappa shape index (κ1) is 22.0. The van der Waals surface area contributed by atoms with Gasteiger partial charge in [-0.15, -0.1) is 10.2 Å². The highest BCUT2D eigenvalue weighted by atomic mass is 19.1. The molecule has 0 aliphatic carbocycles. The minimum atomic E-state index is -0.536. The Hall–Kier alpha value is -3.77. The molecule has 2 bridgehead atoms. The first-order valence-corrected chi connectivity index (χ1v) is 11.1. The van der Waals surface area contributed by atoms with E-state index in [-0.39, 0.29) is 28.2 Å². The summed E-state index contributed by atoms with van der Waals surface area (Å²) in [6, 6.07) is 7.95. The van der Waals surface area contributed by atoms with Crippen molar-refractivity contribution < 1.29 is 18.7 Å². The first-order valence-electron chi connectivity index (χ1n) is 11.1. The van der Waals surface area contributed by atoms with Crippen molar-refractivity contribution in [2.24, 2.45) is 11.3 Å². The summed E-state index contributed by atoms with van der Waals surface area (Å²) in [6.45, 7) is 6.04. The molecule has 5 rings (SSSR count). The Morgan fingerprint density at radius 1 is 1.29 bits per heavy atom. The van der Waals surface area contributed by atoms with Crippen molar-refractivity contribution in [3.8, 4) is 29.1 Å². The van der Waals surface area contributed by atoms with E-state index < -0.39 is 11.7 Å². The second-order valence-corrected chi connectivity index (χ2v) is 9.04. The molecule has 1 aromatic carbocycles. The van der Waals surface area contributed by atoms with E-state index in [9.17, 15) is 9.18 Å². The molecule has 0 radical (unpaired) electrons. The number of hydrogen-bond acceptors (Lipinski definition) is 6. The molecule has 0 unspecified atom stereocenters. The molecule has 2 aromatic heterocycles. The van der Waals surface area contributed by atoms with E-state index in [2.05, 4.69) is 39.3 Å². The van der Waals surface area contributed by atoms with Gasteiger partial charge in [0.25, 0.3) is 5.91 Å². The lowest BCUT2D eigenvalue weighted by atomic mass is 9.89. The van der Waals surface area contributed by atoms with Crippen LogP contribution in [0.25, 0.3) is 11.5 Å². The molecule has 4 heterocycles. The Kier molecular flexibility index (Phi) is 5.75. The Balaban J connectivity index is 1.53. The van der Waals surface area contributed by atoms with Crippen LogP contribution in [0.15, 0.2) is 36.7 Å². The van der Waals surface area contributed by atoms with E-state index in [1.165, 1.54) is 12.1 Å². The van der Waals surface area contributed by atoms with Gasteiger partial charge in [0.15, 0.2) is 5.82 Å². The van der Waals surface area contributed by atoms with E-state index in [1.807, 2.05) is 17.6 Å². The summed E-state index contributed by atoms with van der Waals surface area (Å²) in [6.07, 6.45) is 2.35. The molecule has 3 aromatic rings. The van der Waals surface area contributed by atoms with Crippen LogP contribution >= 0.6 is 0 Å². The monoisotopic (exact) mass is 461 g/mol. The maximum atomic E-state index is 14.9. The number of ether oxygens (including phenoxy) is 2. The number of anilines is 1. The van der Waals surface area contributed by atoms with E-state index in [4.69, 9.17) is 9.47 Å². The lowest BCUT2D eigenvalue weighted by Gasteiger charge is -2.32. The van der Waals surface area contributed by atoms with Crippen LogP contribution in [0.4, 0.5) is 10.2 Å². The molecule has 2 aliphatic heterocycles. The summed E-state index contributed by atoms with van der Waals surface area (Å²) in [5.74, 6) is 6.29. The number of carbonyl (C=O) groups excluding carboxylic acids is 1. The van der Waals surface area contributed by atoms with Crippen LogP contribution in [-0.4, -0.2) is 45.5 Å². The summed E-state index contributed by atoms with van der Waals surface area (Å²) >= 11 is 0. The topological polar surface area (TPSA) is 91.2 Å². The van der Waals surface area contributed by atoms with Gasteiger partial charge in [0.1, 0.15) is 29.4 Å². The first-order chi connectivity index (χ1) is 16.4. The zero-order valence-corrected chi connectivity index (χ0v) is 19.0. The molecule has 2 aliphatic rings. The lowest BCUT2D eigenvalue weighted by molar-refractivity contribution is -0.0648. The van der Waals surface area contributed by atoms with Gasteiger partial charge in [0, 0.05) is 12.6 Å². The standard InChI is InChI=1S/C25H24FN5O3/c1-16-7-9-34-21-11-19(26)17(6-8-25(2)13-33-14-25)10-18(21)24(32)29-22-5-3-4-20(28-22)23-30-27-15-31(23)12-16/h3-5,10-11,15-16H,7,9,12-14H2,1-2H3,(H,28,29,32)/t16-/m0/s1. The Labute approximate surface area is 196 Å². The molecule has 8 nitrogen and oxygen atoms in total. The smallest absolute Gasteiger partial charge is 0.260 e. The number of carbonyl (C=O) groups is 1. The molecule has 0 spiro atoms. The number of pyridine rings is 1. The van der Waals surface area contributed by atoms with Gasteiger partial charge in [-0.3, -0.25) is 4.79 Å². The summed E-state index contributed by atoms with van der Waals surface area (Å²) in [5.41, 5.74) is 0.618. The SMILES string of the molecule is C[C@H]1CCOc2cc(F)c(C#CC3(C)COC3)cc2C(=O)Nc2cccc(n2)-c2nncn2C1. The number of halogens is 1. The molecule has 34 heavy (non-hydrogen) atoms. The highest BCUT2D eigenvalue weighted by Gasteiger charge is 2.31. The van der Waals surface area contributed by atoms with Crippen LogP contribution in [0.5, 0.6) is 5.75 Å². The highest BCUT2D eigenvalue weighted by Crippen LogP contribution is 2.28. The van der Waals surface area contributed by atoms with Crippen molar-refractivity contribution in [1.29, 1.82) is 0 Å². The number of nitrogens with zero attached hydrogens (tertiary/aromatic N) is 4. The van der Waals surface area contributed by atoms with Crippen molar-refractivity contribution in [3.63, 3.8) is 0 Å². The van der Waals surface area contributed by atoms with Crippen LogP contribution < -0.4 is 10.1 Å². The van der Waals surface area contributed by atoms with Gasteiger partial charge in [-0.05, 0) is 37.5 Å². The third kappa shape index (κ3) is 4.50. The summed E-state index contributed by atoms with van der Waals surface area (Å²) in [7, 11) is 0. The van der Waals surface area contributed by atoms with Gasteiger partial charge >= 0.3 is 0 Å². The number of rotatable bonds is 0. The summed E-state index contributed by atoms with van der Waals surface area (Å²) < 4.78 is 27.9. The van der Waals surface area contributed by atoms with Gasteiger partial charge < -0.3 is 19.4 Å². The van der Waals surface area contributed by atoms with Crippen LogP contribution in [0.1, 0.15) is 36.2 Å². The summed E-state index contributed by atoms with van der Waals surface area (Å²) in [4.78, 5) is 17.8. The van der Waals surface area contributed by atoms with Crippen LogP contribution in [0, 0.1) is 29.0 Å². The minimum Gasteiger partial charge on any atom is -0.493 e. The van der Waals surface area contributed by atoms with E-state index >= 15 is 0 Å². The largest absolute Gasteiger partial charge is 0.493 e. The van der Waals surface area contributed by atoms with E-state index in [1.54, 1.807) is 18.5 Å². The normalized spacial score (nSPS) is 19.1. The molecule has 1 fully saturated rings. The molecule has 1 N–H and O–H groups in total. The zero-order valence-electron chi connectivity index (χ0n) is 19.0. The van der Waals surface area contributed by atoms with Crippen molar-refractivity contribution in [2.75, 3.05) is 25.1 Å². The Morgan fingerprint density at radius 2 is 2.15 bits per heavy atom. The second kappa shape index (κ2) is 8.88. The maximum absolute atomic E-state index is 14.9. The molecule has 1 amide bonds. The number of benzene rings is 1. The van der Waals surface area contributed by atoms with Crippen molar-refractivity contribution in [2.45, 2.75) is 26.8 Å². The van der Waals surface area contributed by atoms with Crippen LogP contribution in [0.2, 0.25) is 0 Å². The predicted molar refractivity (Wildman–Crippen MR) is 123 cm³/mol. The van der Waals surface area contributed by atoms with Crippen molar-refractivity contribution in [3.05, 3.63) is 53.6 Å². The highest BCUT2D eigenvalue weighted by molar-refractivity contribution is 6.06. The molecular weight excluding hydrogens is 437 g/mol. The van der Waals surface area contributed by atoms with E-state index in [0.29, 0.717) is 50.1 Å². The van der Waals surface area contributed by atoms with Crippen LogP contribution in [-0.2, 0) is 11.3 Å². The molecule has 0 saturated carbocycles. The van der Waals surface area contributed by atoms with Gasteiger partial charge in [0.05, 0.1) is 36.4 Å². The third-order valence-corrected chi connectivity index (χ3v) is 5.87. The fourth-order valence-corrected chi connectivity index (χ4v) is 3.84. The summed E-state index contributed by atoms with van der Waals surface area (Å²) in [5, 5.41) is 11.0. The molecule has 9 heteroatoms. The number of amides is 1. The van der Waals surface area contributed by atoms with Crippen LogP contribution in [0.3, 0.4) is 0 Å². The third-order valence-electron chi connectivity index (χ3n) is 5.87. The number of fused-ring (bicyclic) bond motifs is 5. The average molecular weight is 461 g/mol. The lowest BCUT2D eigenvalue weighted by Crippen LogP contribution is -2.38.